The number of hydrogen-bond donors (Lipinski definition) is 0. The van der Waals surface area contributed by atoms with Crippen LogP contribution in [0.2, 0.25) is 0 Å². The van der Waals surface area contributed by atoms with Crippen LogP contribution in [0.3, 0.4) is 0 Å². The third-order valence-electron chi connectivity index (χ3n) is 13.2. The number of benzene rings is 10. The van der Waals surface area contributed by atoms with Crippen LogP contribution in [0.25, 0.3) is 130 Å². The van der Waals surface area contributed by atoms with Gasteiger partial charge in [0.2, 0.25) is 0 Å². The van der Waals surface area contributed by atoms with Crippen molar-refractivity contribution in [1.82, 2.24) is 14.0 Å². The van der Waals surface area contributed by atoms with E-state index in [9.17, 15) is 0 Å². The van der Waals surface area contributed by atoms with E-state index < -0.39 is 0 Å². The number of para-hydroxylation sites is 2. The summed E-state index contributed by atoms with van der Waals surface area (Å²) in [6.45, 7) is 0. The quantitative estimate of drug-likeness (QED) is 0.162. The van der Waals surface area contributed by atoms with Crippen molar-refractivity contribution in [1.29, 1.82) is 0 Å². The molecular weight excluding hydrogens is 783 g/mol. The summed E-state index contributed by atoms with van der Waals surface area (Å²) in [5, 5.41) is 12.5. The Bertz CT molecular complexity index is 4160. The van der Waals surface area contributed by atoms with Gasteiger partial charge in [-0.2, -0.15) is 0 Å². The Hall–Kier alpha value is -8.05. The SMILES string of the molecule is c1ccc(-n2c3ccccc3c3ccc(-c4ccc(-c5ccc(-c6cc7c8cc9ccccc9cc8sc7c7nc8cc9cc%10ccccc%10cc9cc8n67)cc5)cc4)cc32)cc1. The van der Waals surface area contributed by atoms with Gasteiger partial charge in [-0.1, -0.05) is 146 Å². The highest BCUT2D eigenvalue weighted by Gasteiger charge is 2.20. The van der Waals surface area contributed by atoms with Crippen LogP contribution in [-0.2, 0) is 0 Å². The number of hydrogen-bond acceptors (Lipinski definition) is 2. The van der Waals surface area contributed by atoms with Gasteiger partial charge >= 0.3 is 0 Å². The Morgan fingerprint density at radius 3 is 1.65 bits per heavy atom. The first-order chi connectivity index (χ1) is 31.2. The molecule has 63 heavy (non-hydrogen) atoms. The summed E-state index contributed by atoms with van der Waals surface area (Å²) >= 11 is 1.85. The Kier molecular flexibility index (Phi) is 7.27. The lowest BCUT2D eigenvalue weighted by atomic mass is 9.98. The lowest BCUT2D eigenvalue weighted by Gasteiger charge is -2.11. The number of pyridine rings is 1. The van der Waals surface area contributed by atoms with Gasteiger partial charge in [-0.3, -0.25) is 4.40 Å². The smallest absolute Gasteiger partial charge is 0.156 e. The van der Waals surface area contributed by atoms with Gasteiger partial charge in [0.05, 0.1) is 32.5 Å². The topological polar surface area (TPSA) is 22.2 Å². The molecular formula is C59H35N3S. The second-order valence-electron chi connectivity index (χ2n) is 16.8. The largest absolute Gasteiger partial charge is 0.309 e. The molecule has 0 atom stereocenters. The molecule has 292 valence electrons. The molecule has 0 aliphatic rings. The summed E-state index contributed by atoms with van der Waals surface area (Å²) < 4.78 is 7.28. The van der Waals surface area contributed by atoms with Gasteiger partial charge in [0.25, 0.3) is 0 Å². The fourth-order valence-corrected chi connectivity index (χ4v) is 11.3. The van der Waals surface area contributed by atoms with Crippen molar-refractivity contribution in [2.24, 2.45) is 0 Å². The highest BCUT2D eigenvalue weighted by molar-refractivity contribution is 7.26. The molecule has 0 saturated heterocycles. The molecule has 4 heteroatoms. The zero-order valence-corrected chi connectivity index (χ0v) is 34.8. The fourth-order valence-electron chi connectivity index (χ4n) is 10.1. The molecule has 0 N–H and O–H groups in total. The molecule has 10 aromatic carbocycles. The standard InChI is InChI=1S/C59H35N3S/c1-2-14-47(15-3-1)61-53-17-9-8-16-48(53)49-27-26-44(32-55(49)61)38-20-18-36(19-21-38)37-22-24-39(25-23-37)54-35-51-50-30-42-12-6-7-13-43(42)34-57(50)63-58(51)59-60-52-31-45-28-40-10-4-5-11-41(40)29-46(45)33-56(52)62(54)59/h1-35H. The monoisotopic (exact) mass is 817 g/mol. The van der Waals surface area contributed by atoms with E-state index in [4.69, 9.17) is 4.98 Å². The van der Waals surface area contributed by atoms with E-state index in [0.29, 0.717) is 0 Å². The number of aromatic nitrogens is 3. The van der Waals surface area contributed by atoms with Gasteiger partial charge in [-0.05, 0) is 127 Å². The van der Waals surface area contributed by atoms with E-state index >= 15 is 0 Å². The predicted molar refractivity (Wildman–Crippen MR) is 269 cm³/mol. The van der Waals surface area contributed by atoms with Crippen molar-refractivity contribution >= 4 is 102 Å². The third kappa shape index (κ3) is 5.29. The van der Waals surface area contributed by atoms with Gasteiger partial charge in [0.1, 0.15) is 0 Å². The van der Waals surface area contributed by atoms with Crippen molar-refractivity contribution in [3.05, 3.63) is 212 Å². The number of rotatable bonds is 4. The summed E-state index contributed by atoms with van der Waals surface area (Å²) in [5.41, 5.74) is 13.8. The molecule has 14 aromatic rings. The van der Waals surface area contributed by atoms with Crippen LogP contribution in [0, 0.1) is 0 Å². The Labute approximate surface area is 366 Å². The summed E-state index contributed by atoms with van der Waals surface area (Å²) in [4.78, 5) is 5.44. The lowest BCUT2D eigenvalue weighted by molar-refractivity contribution is 1.18. The summed E-state index contributed by atoms with van der Waals surface area (Å²) in [5.74, 6) is 0. The maximum atomic E-state index is 5.44. The van der Waals surface area contributed by atoms with Crippen molar-refractivity contribution in [2.75, 3.05) is 0 Å². The van der Waals surface area contributed by atoms with E-state index in [2.05, 4.69) is 221 Å². The first-order valence-corrected chi connectivity index (χ1v) is 22.3. The molecule has 0 radical (unpaired) electrons. The molecule has 0 fully saturated rings. The van der Waals surface area contributed by atoms with Gasteiger partial charge in [-0.25, -0.2) is 4.98 Å². The molecule has 0 spiro atoms. The molecule has 0 bridgehead atoms. The second kappa shape index (κ2) is 13.2. The lowest BCUT2D eigenvalue weighted by Crippen LogP contribution is -1.93. The van der Waals surface area contributed by atoms with E-state index in [1.54, 1.807) is 0 Å². The maximum Gasteiger partial charge on any atom is 0.156 e. The average molecular weight is 818 g/mol. The van der Waals surface area contributed by atoms with Crippen LogP contribution in [0.4, 0.5) is 0 Å². The third-order valence-corrected chi connectivity index (χ3v) is 14.4. The minimum absolute atomic E-state index is 1.00. The molecule has 0 unspecified atom stereocenters. The van der Waals surface area contributed by atoms with Crippen LogP contribution in [0.15, 0.2) is 212 Å². The Balaban J connectivity index is 0.893. The highest BCUT2D eigenvalue weighted by Crippen LogP contribution is 2.43. The molecule has 3 nitrogen and oxygen atoms in total. The van der Waals surface area contributed by atoms with E-state index in [1.807, 2.05) is 11.3 Å². The molecule has 0 aliphatic carbocycles. The van der Waals surface area contributed by atoms with Gasteiger partial charge in [-0.15, -0.1) is 11.3 Å². The number of nitrogens with zero attached hydrogens (tertiary/aromatic N) is 3. The van der Waals surface area contributed by atoms with Crippen molar-refractivity contribution in [3.63, 3.8) is 0 Å². The van der Waals surface area contributed by atoms with E-state index in [1.165, 1.54) is 102 Å². The second-order valence-corrected chi connectivity index (χ2v) is 17.9. The van der Waals surface area contributed by atoms with Crippen molar-refractivity contribution in [3.8, 4) is 39.2 Å². The minimum Gasteiger partial charge on any atom is -0.309 e. The predicted octanol–water partition coefficient (Wildman–Crippen LogP) is 16.4. The Morgan fingerprint density at radius 2 is 0.921 bits per heavy atom. The Morgan fingerprint density at radius 1 is 0.349 bits per heavy atom. The number of imidazole rings is 1. The first-order valence-electron chi connectivity index (χ1n) is 21.5. The molecule has 0 saturated carbocycles. The maximum absolute atomic E-state index is 5.44. The summed E-state index contributed by atoms with van der Waals surface area (Å²) in [7, 11) is 0. The molecule has 4 aromatic heterocycles. The molecule has 0 amide bonds. The van der Waals surface area contributed by atoms with Gasteiger partial charge in [0, 0.05) is 31.9 Å². The number of thiophene rings is 1. The highest BCUT2D eigenvalue weighted by atomic mass is 32.1. The van der Waals surface area contributed by atoms with Crippen molar-refractivity contribution < 1.29 is 0 Å². The molecule has 0 aliphatic heterocycles. The number of fused-ring (bicyclic) bond motifs is 13. The van der Waals surface area contributed by atoms with Crippen LogP contribution in [0.5, 0.6) is 0 Å². The summed E-state index contributed by atoms with van der Waals surface area (Å²) in [6, 6.07) is 78.0. The normalized spacial score (nSPS) is 12.1. The average Bonchev–Trinajstić information content (AvgIpc) is 4.01. The van der Waals surface area contributed by atoms with Crippen LogP contribution in [0.1, 0.15) is 0 Å². The molecule has 14 rings (SSSR count). The van der Waals surface area contributed by atoms with Crippen LogP contribution in [-0.4, -0.2) is 14.0 Å². The van der Waals surface area contributed by atoms with Gasteiger partial charge in [0.15, 0.2) is 5.65 Å². The van der Waals surface area contributed by atoms with Crippen molar-refractivity contribution in [2.45, 2.75) is 0 Å². The summed E-state index contributed by atoms with van der Waals surface area (Å²) in [6.07, 6.45) is 0. The van der Waals surface area contributed by atoms with Crippen LogP contribution < -0.4 is 0 Å². The fraction of sp³-hybridized carbons (Fsp3) is 0. The first kappa shape index (κ1) is 34.6. The van der Waals surface area contributed by atoms with E-state index in [0.717, 1.165) is 27.9 Å². The van der Waals surface area contributed by atoms with E-state index in [-0.39, 0.29) is 0 Å². The van der Waals surface area contributed by atoms with Gasteiger partial charge < -0.3 is 4.57 Å². The van der Waals surface area contributed by atoms with Crippen LogP contribution >= 0.6 is 11.3 Å². The minimum atomic E-state index is 1.00. The zero-order chi connectivity index (χ0) is 41.2. The molecule has 4 heterocycles. The zero-order valence-electron chi connectivity index (χ0n) is 34.0.